The molecule has 1 aliphatic rings. The van der Waals surface area contributed by atoms with Crippen LogP contribution in [0.25, 0.3) is 0 Å². The fourth-order valence-corrected chi connectivity index (χ4v) is 2.66. The summed E-state index contributed by atoms with van der Waals surface area (Å²) in [7, 11) is 1.88. The molecular weight excluding hydrogens is 250 g/mol. The number of ether oxygens (including phenoxy) is 1. The number of hydrogen-bond donors (Lipinski definition) is 1. The highest BCUT2D eigenvalue weighted by Gasteiger charge is 2.28. The first-order valence-electron chi connectivity index (χ1n) is 7.75. The first-order valence-corrected chi connectivity index (χ1v) is 7.75. The van der Waals surface area contributed by atoms with Gasteiger partial charge in [-0.05, 0) is 37.5 Å². The minimum Gasteiger partial charge on any atom is -0.474 e. The second-order valence-corrected chi connectivity index (χ2v) is 6.49. The lowest BCUT2D eigenvalue weighted by molar-refractivity contribution is 0.0946. The highest BCUT2D eigenvalue weighted by molar-refractivity contribution is 5.37. The van der Waals surface area contributed by atoms with Gasteiger partial charge in [0.2, 0.25) is 5.88 Å². The Morgan fingerprint density at radius 3 is 2.60 bits per heavy atom. The zero-order valence-corrected chi connectivity index (χ0v) is 13.2. The standard InChI is InChI=1S/C16H27N3O/c1-5-6-13-18-14(17-4)11-15(19-13)20-12-7-9-16(2,3)10-8-12/h11-12H,5-10H2,1-4H3,(H,17,18,19). The molecule has 0 spiro atoms. The normalized spacial score (nSPS) is 18.8. The van der Waals surface area contributed by atoms with Crippen LogP contribution in [0.3, 0.4) is 0 Å². The van der Waals surface area contributed by atoms with Gasteiger partial charge in [0.25, 0.3) is 0 Å². The molecule has 1 N–H and O–H groups in total. The van der Waals surface area contributed by atoms with Crippen LogP contribution in [0.4, 0.5) is 5.82 Å². The van der Waals surface area contributed by atoms with E-state index in [1.165, 1.54) is 12.8 Å². The molecule has 2 rings (SSSR count). The minimum absolute atomic E-state index is 0.303. The van der Waals surface area contributed by atoms with Crippen LogP contribution in [0.1, 0.15) is 58.7 Å². The molecule has 4 nitrogen and oxygen atoms in total. The summed E-state index contributed by atoms with van der Waals surface area (Å²) in [6, 6.07) is 1.90. The molecule has 20 heavy (non-hydrogen) atoms. The first-order chi connectivity index (χ1) is 9.52. The van der Waals surface area contributed by atoms with Gasteiger partial charge in [-0.3, -0.25) is 0 Å². The third kappa shape index (κ3) is 4.09. The van der Waals surface area contributed by atoms with Crippen molar-refractivity contribution in [3.63, 3.8) is 0 Å². The third-order valence-corrected chi connectivity index (χ3v) is 4.05. The van der Waals surface area contributed by atoms with Crippen LogP contribution >= 0.6 is 0 Å². The van der Waals surface area contributed by atoms with Crippen molar-refractivity contribution in [2.45, 2.75) is 65.4 Å². The van der Waals surface area contributed by atoms with Crippen molar-refractivity contribution in [2.75, 3.05) is 12.4 Å². The van der Waals surface area contributed by atoms with Gasteiger partial charge in [0.1, 0.15) is 17.7 Å². The number of aryl methyl sites for hydroxylation is 1. The Labute approximate surface area is 122 Å². The molecule has 1 fully saturated rings. The zero-order chi connectivity index (χ0) is 14.6. The van der Waals surface area contributed by atoms with Crippen molar-refractivity contribution in [3.05, 3.63) is 11.9 Å². The second-order valence-electron chi connectivity index (χ2n) is 6.49. The van der Waals surface area contributed by atoms with Gasteiger partial charge in [0.05, 0.1) is 0 Å². The molecule has 1 saturated carbocycles. The summed E-state index contributed by atoms with van der Waals surface area (Å²) >= 11 is 0. The number of anilines is 1. The Bertz CT molecular complexity index is 435. The molecule has 0 aromatic carbocycles. The van der Waals surface area contributed by atoms with E-state index in [0.29, 0.717) is 11.5 Å². The van der Waals surface area contributed by atoms with E-state index in [4.69, 9.17) is 4.74 Å². The predicted molar refractivity (Wildman–Crippen MR) is 82.2 cm³/mol. The van der Waals surface area contributed by atoms with Gasteiger partial charge in [0.15, 0.2) is 0 Å². The van der Waals surface area contributed by atoms with Gasteiger partial charge in [-0.2, -0.15) is 4.98 Å². The summed E-state index contributed by atoms with van der Waals surface area (Å²) in [5.74, 6) is 2.43. The summed E-state index contributed by atoms with van der Waals surface area (Å²) in [5.41, 5.74) is 0.467. The highest BCUT2D eigenvalue weighted by Crippen LogP contribution is 2.36. The van der Waals surface area contributed by atoms with Crippen LogP contribution in [0, 0.1) is 5.41 Å². The van der Waals surface area contributed by atoms with Gasteiger partial charge in [0, 0.05) is 19.5 Å². The van der Waals surface area contributed by atoms with Crippen LogP contribution in [0.15, 0.2) is 6.07 Å². The Balaban J connectivity index is 2.03. The summed E-state index contributed by atoms with van der Waals surface area (Å²) < 4.78 is 6.09. The Hall–Kier alpha value is -1.32. The van der Waals surface area contributed by atoms with Crippen LogP contribution < -0.4 is 10.1 Å². The van der Waals surface area contributed by atoms with Gasteiger partial charge >= 0.3 is 0 Å². The molecule has 0 amide bonds. The third-order valence-electron chi connectivity index (χ3n) is 4.05. The van der Waals surface area contributed by atoms with Gasteiger partial charge in [-0.15, -0.1) is 0 Å². The molecule has 1 aromatic rings. The van der Waals surface area contributed by atoms with Gasteiger partial charge in [-0.1, -0.05) is 20.8 Å². The largest absolute Gasteiger partial charge is 0.474 e. The van der Waals surface area contributed by atoms with Crippen molar-refractivity contribution in [3.8, 4) is 5.88 Å². The summed E-state index contributed by atoms with van der Waals surface area (Å²) in [6.45, 7) is 6.82. The van der Waals surface area contributed by atoms with Crippen LogP contribution in [-0.2, 0) is 6.42 Å². The SMILES string of the molecule is CCCc1nc(NC)cc(OC2CCC(C)(C)CC2)n1. The molecule has 4 heteroatoms. The lowest BCUT2D eigenvalue weighted by Crippen LogP contribution is -2.28. The maximum Gasteiger partial charge on any atom is 0.218 e. The van der Waals surface area contributed by atoms with Crippen molar-refractivity contribution < 1.29 is 4.74 Å². The van der Waals surface area contributed by atoms with Gasteiger partial charge < -0.3 is 10.1 Å². The average molecular weight is 277 g/mol. The molecule has 1 aliphatic carbocycles. The number of nitrogens with zero attached hydrogens (tertiary/aromatic N) is 2. The quantitative estimate of drug-likeness (QED) is 0.889. The summed E-state index contributed by atoms with van der Waals surface area (Å²) in [5, 5.41) is 3.09. The number of hydrogen-bond acceptors (Lipinski definition) is 4. The van der Waals surface area contributed by atoms with E-state index in [-0.39, 0.29) is 0 Å². The van der Waals surface area contributed by atoms with E-state index in [0.717, 1.165) is 43.2 Å². The van der Waals surface area contributed by atoms with E-state index >= 15 is 0 Å². The predicted octanol–water partition coefficient (Wildman–Crippen LogP) is 3.82. The van der Waals surface area contributed by atoms with Crippen molar-refractivity contribution >= 4 is 5.82 Å². The molecular formula is C16H27N3O. The molecule has 112 valence electrons. The fraction of sp³-hybridized carbons (Fsp3) is 0.750. The lowest BCUT2D eigenvalue weighted by Gasteiger charge is -2.34. The number of rotatable bonds is 5. The monoisotopic (exact) mass is 277 g/mol. The number of aromatic nitrogens is 2. The second kappa shape index (κ2) is 6.42. The maximum absolute atomic E-state index is 6.09. The van der Waals surface area contributed by atoms with E-state index < -0.39 is 0 Å². The van der Waals surface area contributed by atoms with E-state index in [9.17, 15) is 0 Å². The van der Waals surface area contributed by atoms with E-state index in [1.54, 1.807) is 0 Å². The molecule has 0 unspecified atom stereocenters. The highest BCUT2D eigenvalue weighted by atomic mass is 16.5. The van der Waals surface area contributed by atoms with Crippen LogP contribution in [0.5, 0.6) is 5.88 Å². The van der Waals surface area contributed by atoms with Crippen LogP contribution in [0.2, 0.25) is 0 Å². The van der Waals surface area contributed by atoms with Crippen molar-refractivity contribution in [1.82, 2.24) is 9.97 Å². The zero-order valence-electron chi connectivity index (χ0n) is 13.2. The molecule has 0 saturated heterocycles. The topological polar surface area (TPSA) is 47.0 Å². The lowest BCUT2D eigenvalue weighted by atomic mass is 9.76. The van der Waals surface area contributed by atoms with E-state index in [1.807, 2.05) is 13.1 Å². The maximum atomic E-state index is 6.09. The first kappa shape index (κ1) is 15.1. The molecule has 0 aliphatic heterocycles. The summed E-state index contributed by atoms with van der Waals surface area (Å²) in [4.78, 5) is 8.98. The Morgan fingerprint density at radius 2 is 2.00 bits per heavy atom. The summed E-state index contributed by atoms with van der Waals surface area (Å²) in [6.07, 6.45) is 6.93. The fourth-order valence-electron chi connectivity index (χ4n) is 2.66. The molecule has 0 radical (unpaired) electrons. The Morgan fingerprint density at radius 1 is 1.30 bits per heavy atom. The van der Waals surface area contributed by atoms with Crippen LogP contribution in [-0.4, -0.2) is 23.1 Å². The van der Waals surface area contributed by atoms with Gasteiger partial charge in [-0.25, -0.2) is 4.98 Å². The molecule has 0 atom stereocenters. The molecule has 1 heterocycles. The smallest absolute Gasteiger partial charge is 0.218 e. The van der Waals surface area contributed by atoms with E-state index in [2.05, 4.69) is 36.1 Å². The Kier molecular flexibility index (Phi) is 4.84. The molecule has 1 aromatic heterocycles. The number of nitrogens with one attached hydrogen (secondary N) is 1. The molecule has 0 bridgehead atoms. The average Bonchev–Trinajstić information content (AvgIpc) is 2.41. The van der Waals surface area contributed by atoms with Crippen molar-refractivity contribution in [2.24, 2.45) is 5.41 Å². The minimum atomic E-state index is 0.303. The van der Waals surface area contributed by atoms with Crippen molar-refractivity contribution in [1.29, 1.82) is 0 Å².